The van der Waals surface area contributed by atoms with Crippen LogP contribution in [0.15, 0.2) is 22.1 Å². The Hall–Kier alpha value is -2.68. The molecular formula is C17H21N3O5S. The smallest absolute Gasteiger partial charge is 0.326 e. The van der Waals surface area contributed by atoms with Crippen LogP contribution in [0.1, 0.15) is 42.1 Å². The molecule has 0 aliphatic rings. The summed E-state index contributed by atoms with van der Waals surface area (Å²) in [7, 11) is 0. The minimum Gasteiger partial charge on any atom is -0.480 e. The summed E-state index contributed by atoms with van der Waals surface area (Å²) in [6.07, 6.45) is 1.72. The van der Waals surface area contributed by atoms with Crippen LogP contribution in [0.5, 0.6) is 0 Å². The molecule has 0 saturated heterocycles. The van der Waals surface area contributed by atoms with Gasteiger partial charge in [0.05, 0.1) is 23.9 Å². The summed E-state index contributed by atoms with van der Waals surface area (Å²) in [4.78, 5) is 39.6. The Morgan fingerprint density at radius 2 is 2.08 bits per heavy atom. The molecule has 8 nitrogen and oxygen atoms in total. The van der Waals surface area contributed by atoms with Crippen LogP contribution in [0.25, 0.3) is 0 Å². The Bertz CT molecular complexity index is 796. The lowest BCUT2D eigenvalue weighted by molar-refractivity contribution is -0.142. The summed E-state index contributed by atoms with van der Waals surface area (Å²) in [5, 5.41) is 16.3. The highest BCUT2D eigenvalue weighted by Crippen LogP contribution is 2.18. The molecule has 0 radical (unpaired) electrons. The van der Waals surface area contributed by atoms with Crippen molar-refractivity contribution in [2.75, 3.05) is 5.32 Å². The van der Waals surface area contributed by atoms with Crippen molar-refractivity contribution in [2.45, 2.75) is 39.7 Å². The number of thiazole rings is 1. The van der Waals surface area contributed by atoms with Crippen molar-refractivity contribution in [3.8, 4) is 0 Å². The van der Waals surface area contributed by atoms with E-state index in [0.717, 1.165) is 0 Å². The number of aromatic nitrogens is 1. The van der Waals surface area contributed by atoms with Crippen LogP contribution >= 0.6 is 11.3 Å². The molecule has 0 aliphatic carbocycles. The second-order valence-electron chi connectivity index (χ2n) is 6.25. The zero-order valence-electron chi connectivity index (χ0n) is 14.7. The predicted molar refractivity (Wildman–Crippen MR) is 96.2 cm³/mol. The summed E-state index contributed by atoms with van der Waals surface area (Å²) >= 11 is 1.19. The summed E-state index contributed by atoms with van der Waals surface area (Å²) < 4.78 is 5.09. The van der Waals surface area contributed by atoms with Gasteiger partial charge in [0, 0.05) is 5.38 Å². The number of aryl methyl sites for hydroxylation is 1. The van der Waals surface area contributed by atoms with Crippen LogP contribution < -0.4 is 10.6 Å². The van der Waals surface area contributed by atoms with Gasteiger partial charge >= 0.3 is 5.97 Å². The fraction of sp³-hybridized carbons (Fsp3) is 0.412. The van der Waals surface area contributed by atoms with E-state index in [2.05, 4.69) is 15.6 Å². The van der Waals surface area contributed by atoms with Gasteiger partial charge in [-0.15, -0.1) is 11.3 Å². The number of nitrogens with one attached hydrogen (secondary N) is 2. The van der Waals surface area contributed by atoms with Crippen molar-refractivity contribution in [2.24, 2.45) is 5.92 Å². The van der Waals surface area contributed by atoms with Crippen LogP contribution in [-0.2, 0) is 16.0 Å². The van der Waals surface area contributed by atoms with Crippen molar-refractivity contribution in [3.05, 3.63) is 34.7 Å². The quantitative estimate of drug-likeness (QED) is 0.648. The van der Waals surface area contributed by atoms with Crippen LogP contribution in [0.2, 0.25) is 0 Å². The largest absolute Gasteiger partial charge is 0.480 e. The number of amides is 2. The number of hydrogen-bond acceptors (Lipinski definition) is 6. The summed E-state index contributed by atoms with van der Waals surface area (Å²) in [6, 6.07) is 0.636. The number of carboxylic acid groups (broad SMARTS) is 1. The number of carboxylic acids is 1. The molecule has 0 aromatic carbocycles. The van der Waals surface area contributed by atoms with Crippen LogP contribution in [-0.4, -0.2) is 33.9 Å². The van der Waals surface area contributed by atoms with Gasteiger partial charge in [-0.2, -0.15) is 0 Å². The lowest BCUT2D eigenvalue weighted by Gasteiger charge is -2.16. The number of nitrogens with zero attached hydrogens (tertiary/aromatic N) is 1. The zero-order valence-corrected chi connectivity index (χ0v) is 15.6. The van der Waals surface area contributed by atoms with Crippen molar-refractivity contribution >= 4 is 34.3 Å². The van der Waals surface area contributed by atoms with Crippen LogP contribution in [0.4, 0.5) is 5.13 Å². The lowest BCUT2D eigenvalue weighted by atomic mass is 10.0. The van der Waals surface area contributed by atoms with E-state index in [-0.39, 0.29) is 18.2 Å². The van der Waals surface area contributed by atoms with Gasteiger partial charge in [0.1, 0.15) is 11.8 Å². The molecule has 2 heterocycles. The maximum absolute atomic E-state index is 12.1. The summed E-state index contributed by atoms with van der Waals surface area (Å²) in [5.41, 5.74) is 0.873. The van der Waals surface area contributed by atoms with Crippen LogP contribution in [0.3, 0.4) is 0 Å². The van der Waals surface area contributed by atoms with Gasteiger partial charge in [0.2, 0.25) is 5.91 Å². The molecule has 1 atom stereocenters. The van der Waals surface area contributed by atoms with Crippen molar-refractivity contribution < 1.29 is 23.9 Å². The highest BCUT2D eigenvalue weighted by Gasteiger charge is 2.21. The topological polar surface area (TPSA) is 122 Å². The summed E-state index contributed by atoms with van der Waals surface area (Å²) in [5.74, 6) is -1.18. The molecule has 26 heavy (non-hydrogen) atoms. The first-order valence-electron chi connectivity index (χ1n) is 8.08. The monoisotopic (exact) mass is 379 g/mol. The van der Waals surface area contributed by atoms with E-state index >= 15 is 0 Å². The standard InChI is InChI=1S/C17H21N3O5S/c1-9(2)6-13(16(23)24)19-14(21)7-11-8-26-17(18-11)20-15(22)12-4-5-25-10(12)3/h4-5,8-9,13H,6-7H2,1-3H3,(H,19,21)(H,23,24)(H,18,20,22)/t13-/m0/s1. The fourth-order valence-electron chi connectivity index (χ4n) is 2.33. The average molecular weight is 379 g/mol. The number of anilines is 1. The number of rotatable bonds is 8. The molecule has 2 amide bonds. The molecule has 0 fully saturated rings. The van der Waals surface area contributed by atoms with E-state index in [9.17, 15) is 14.4 Å². The highest BCUT2D eigenvalue weighted by molar-refractivity contribution is 7.14. The Kier molecular flexibility index (Phi) is 6.51. The Balaban J connectivity index is 1.93. The Morgan fingerprint density at radius 1 is 1.35 bits per heavy atom. The van der Waals surface area contributed by atoms with E-state index in [4.69, 9.17) is 9.52 Å². The average Bonchev–Trinajstić information content (AvgIpc) is 3.15. The van der Waals surface area contributed by atoms with Gasteiger partial charge < -0.3 is 14.8 Å². The zero-order chi connectivity index (χ0) is 19.3. The number of hydrogen-bond donors (Lipinski definition) is 3. The van der Waals surface area contributed by atoms with Gasteiger partial charge in [-0.3, -0.25) is 14.9 Å². The predicted octanol–water partition coefficient (Wildman–Crippen LogP) is 2.45. The molecule has 0 aliphatic heterocycles. The molecule has 0 bridgehead atoms. The van der Waals surface area contributed by atoms with E-state index in [1.54, 1.807) is 18.4 Å². The molecule has 0 spiro atoms. The molecule has 9 heteroatoms. The maximum atomic E-state index is 12.1. The minimum atomic E-state index is -1.06. The second kappa shape index (κ2) is 8.61. The Labute approximate surface area is 154 Å². The van der Waals surface area contributed by atoms with Gasteiger partial charge in [-0.1, -0.05) is 13.8 Å². The molecule has 0 unspecified atom stereocenters. The highest BCUT2D eigenvalue weighted by atomic mass is 32.1. The molecule has 2 aromatic rings. The third-order valence-electron chi connectivity index (χ3n) is 3.56. The first-order chi connectivity index (χ1) is 12.3. The van der Waals surface area contributed by atoms with E-state index in [0.29, 0.717) is 28.6 Å². The van der Waals surface area contributed by atoms with Crippen molar-refractivity contribution in [1.29, 1.82) is 0 Å². The van der Waals surface area contributed by atoms with Crippen molar-refractivity contribution in [1.82, 2.24) is 10.3 Å². The first kappa shape index (κ1) is 19.6. The van der Waals surface area contributed by atoms with Gasteiger partial charge in [-0.05, 0) is 25.3 Å². The van der Waals surface area contributed by atoms with E-state index < -0.39 is 17.9 Å². The molecule has 0 saturated carbocycles. The maximum Gasteiger partial charge on any atom is 0.326 e. The molecule has 140 valence electrons. The number of furan rings is 1. The normalized spacial score (nSPS) is 12.0. The molecule has 3 N–H and O–H groups in total. The second-order valence-corrected chi connectivity index (χ2v) is 7.11. The lowest BCUT2D eigenvalue weighted by Crippen LogP contribution is -2.42. The van der Waals surface area contributed by atoms with Gasteiger partial charge in [-0.25, -0.2) is 9.78 Å². The minimum absolute atomic E-state index is 0.0566. The van der Waals surface area contributed by atoms with E-state index in [1.165, 1.54) is 17.6 Å². The third kappa shape index (κ3) is 5.41. The molecular weight excluding hydrogens is 358 g/mol. The first-order valence-corrected chi connectivity index (χ1v) is 8.96. The number of carbonyl (C=O) groups is 3. The van der Waals surface area contributed by atoms with Gasteiger partial charge in [0.15, 0.2) is 5.13 Å². The van der Waals surface area contributed by atoms with Crippen LogP contribution in [0, 0.1) is 12.8 Å². The van der Waals surface area contributed by atoms with Crippen molar-refractivity contribution in [3.63, 3.8) is 0 Å². The molecule has 2 rings (SSSR count). The Morgan fingerprint density at radius 3 is 2.65 bits per heavy atom. The fourth-order valence-corrected chi connectivity index (χ4v) is 3.04. The van der Waals surface area contributed by atoms with Gasteiger partial charge in [0.25, 0.3) is 5.91 Å². The van der Waals surface area contributed by atoms with E-state index in [1.807, 2.05) is 13.8 Å². The number of aliphatic carboxylic acids is 1. The third-order valence-corrected chi connectivity index (χ3v) is 4.36. The molecule has 2 aromatic heterocycles. The summed E-state index contributed by atoms with van der Waals surface area (Å²) in [6.45, 7) is 5.46. The SMILES string of the molecule is Cc1occc1C(=O)Nc1nc(CC(=O)N[C@@H](CC(C)C)C(=O)O)cs1. The number of carbonyl (C=O) groups excluding carboxylic acids is 2.